The van der Waals surface area contributed by atoms with Crippen LogP contribution in [0.3, 0.4) is 0 Å². The van der Waals surface area contributed by atoms with E-state index in [9.17, 15) is 14.4 Å². The van der Waals surface area contributed by atoms with Gasteiger partial charge in [0.1, 0.15) is 0 Å². The fourth-order valence-electron chi connectivity index (χ4n) is 2.32. The molecule has 1 aliphatic rings. The summed E-state index contributed by atoms with van der Waals surface area (Å²) in [6.45, 7) is 0. The van der Waals surface area contributed by atoms with Crippen molar-refractivity contribution in [2.45, 2.75) is 56.4 Å². The van der Waals surface area contributed by atoms with Gasteiger partial charge in [-0.15, -0.1) is 16.8 Å². The van der Waals surface area contributed by atoms with Crippen LogP contribution in [0.5, 0.6) is 0 Å². The van der Waals surface area contributed by atoms with E-state index in [0.29, 0.717) is 11.5 Å². The Morgan fingerprint density at radius 3 is 2.50 bits per heavy atom. The molecule has 2 amide bonds. The Bertz CT molecular complexity index is 549. The van der Waals surface area contributed by atoms with E-state index in [2.05, 4.69) is 4.98 Å². The van der Waals surface area contributed by atoms with Gasteiger partial charge in [0.25, 0.3) is 11.8 Å². The second-order valence-electron chi connectivity index (χ2n) is 5.58. The fraction of sp³-hybridized carbons (Fsp3) is 0.529. The molecule has 2 heterocycles. The summed E-state index contributed by atoms with van der Waals surface area (Å²) in [5.74, 6) is -0.333. The Balaban J connectivity index is 1.45. The first-order chi connectivity index (χ1) is 11.7. The van der Waals surface area contributed by atoms with Crippen molar-refractivity contribution in [3.63, 3.8) is 0 Å². The highest BCUT2D eigenvalue weighted by atomic mass is 32.2. The fourth-order valence-corrected chi connectivity index (χ4v) is 3.18. The van der Waals surface area contributed by atoms with Gasteiger partial charge in [-0.3, -0.25) is 9.59 Å². The Morgan fingerprint density at radius 2 is 1.79 bits per heavy atom. The number of carbonyl (C=O) groups excluding carboxylic acids is 3. The Labute approximate surface area is 145 Å². The van der Waals surface area contributed by atoms with Crippen LogP contribution in [0.15, 0.2) is 29.4 Å². The number of thioether (sulfide) groups is 1. The van der Waals surface area contributed by atoms with E-state index in [-0.39, 0.29) is 19.3 Å². The highest BCUT2D eigenvalue weighted by molar-refractivity contribution is 7.99. The lowest BCUT2D eigenvalue weighted by atomic mass is 10.1. The zero-order valence-electron chi connectivity index (χ0n) is 13.6. The summed E-state index contributed by atoms with van der Waals surface area (Å²) < 4.78 is 0. The largest absolute Gasteiger partial charge is 0.333 e. The molecule has 0 bridgehead atoms. The molecule has 0 spiro atoms. The SMILES string of the molecule is O=C(CCCCCCCSc1ccccn1)ON1C(=O)CCC1=O. The molecule has 2 rings (SSSR count). The minimum Gasteiger partial charge on any atom is -0.330 e. The molecule has 1 aromatic heterocycles. The van der Waals surface area contributed by atoms with Gasteiger partial charge in [0.05, 0.1) is 5.03 Å². The lowest BCUT2D eigenvalue weighted by Gasteiger charge is -2.12. The van der Waals surface area contributed by atoms with Gasteiger partial charge < -0.3 is 4.84 Å². The average molecular weight is 350 g/mol. The highest BCUT2D eigenvalue weighted by Crippen LogP contribution is 2.17. The third-order valence-corrected chi connectivity index (χ3v) is 4.64. The van der Waals surface area contributed by atoms with E-state index in [0.717, 1.165) is 36.5 Å². The van der Waals surface area contributed by atoms with Crippen molar-refractivity contribution in [2.75, 3.05) is 5.75 Å². The van der Waals surface area contributed by atoms with E-state index in [4.69, 9.17) is 4.84 Å². The first kappa shape index (κ1) is 18.4. The zero-order chi connectivity index (χ0) is 17.2. The van der Waals surface area contributed by atoms with Gasteiger partial charge >= 0.3 is 5.97 Å². The molecule has 6 nitrogen and oxygen atoms in total. The van der Waals surface area contributed by atoms with Crippen molar-refractivity contribution in [3.05, 3.63) is 24.4 Å². The molecule has 0 aromatic carbocycles. The number of pyridine rings is 1. The number of hydrogen-bond acceptors (Lipinski definition) is 6. The lowest BCUT2D eigenvalue weighted by Crippen LogP contribution is -2.31. The minimum atomic E-state index is -0.510. The van der Waals surface area contributed by atoms with Gasteiger partial charge in [-0.1, -0.05) is 25.3 Å². The predicted molar refractivity (Wildman–Crippen MR) is 89.8 cm³/mol. The number of rotatable bonds is 10. The number of unbranched alkanes of at least 4 members (excludes halogenated alkanes) is 4. The molecule has 1 aromatic rings. The van der Waals surface area contributed by atoms with Crippen LogP contribution in [0.4, 0.5) is 0 Å². The Morgan fingerprint density at radius 1 is 1.08 bits per heavy atom. The van der Waals surface area contributed by atoms with Crippen molar-refractivity contribution in [1.29, 1.82) is 0 Å². The summed E-state index contributed by atoms with van der Waals surface area (Å²) in [4.78, 5) is 43.3. The van der Waals surface area contributed by atoms with Crippen LogP contribution < -0.4 is 0 Å². The molecule has 24 heavy (non-hydrogen) atoms. The number of amides is 2. The van der Waals surface area contributed by atoms with Gasteiger partial charge in [0, 0.05) is 25.5 Å². The Hall–Kier alpha value is -1.89. The van der Waals surface area contributed by atoms with Crippen molar-refractivity contribution in [3.8, 4) is 0 Å². The van der Waals surface area contributed by atoms with E-state index < -0.39 is 17.8 Å². The minimum absolute atomic E-state index is 0.128. The molecule has 1 saturated heterocycles. The third-order valence-electron chi connectivity index (χ3n) is 3.61. The van der Waals surface area contributed by atoms with Gasteiger partial charge in [0.15, 0.2) is 0 Å². The molecular weight excluding hydrogens is 328 g/mol. The van der Waals surface area contributed by atoms with E-state index >= 15 is 0 Å². The molecule has 0 saturated carbocycles. The predicted octanol–water partition coefficient (Wildman–Crippen LogP) is 3.12. The van der Waals surface area contributed by atoms with Gasteiger partial charge in [-0.25, -0.2) is 9.78 Å². The maximum atomic E-state index is 11.6. The number of aromatic nitrogens is 1. The summed E-state index contributed by atoms with van der Waals surface area (Å²) in [5.41, 5.74) is 0. The van der Waals surface area contributed by atoms with Gasteiger partial charge in [0.2, 0.25) is 0 Å². The number of hydrogen-bond donors (Lipinski definition) is 0. The summed E-state index contributed by atoms with van der Waals surface area (Å²) in [7, 11) is 0. The van der Waals surface area contributed by atoms with Crippen LogP contribution in [0, 0.1) is 0 Å². The zero-order valence-corrected chi connectivity index (χ0v) is 14.4. The lowest BCUT2D eigenvalue weighted by molar-refractivity contribution is -0.197. The first-order valence-corrected chi connectivity index (χ1v) is 9.26. The van der Waals surface area contributed by atoms with E-state index in [1.54, 1.807) is 18.0 Å². The number of imide groups is 1. The Kier molecular flexibility index (Phi) is 7.74. The molecular formula is C17H22N2O4S. The van der Waals surface area contributed by atoms with Gasteiger partial charge in [-0.2, -0.15) is 0 Å². The van der Waals surface area contributed by atoms with Crippen LogP contribution in [-0.4, -0.2) is 33.6 Å². The van der Waals surface area contributed by atoms with E-state index in [1.807, 2.05) is 18.2 Å². The second kappa shape index (κ2) is 10.1. The summed E-state index contributed by atoms with van der Waals surface area (Å²) in [5, 5.41) is 1.66. The highest BCUT2D eigenvalue weighted by Gasteiger charge is 2.32. The summed E-state index contributed by atoms with van der Waals surface area (Å²) in [6, 6.07) is 5.90. The second-order valence-corrected chi connectivity index (χ2v) is 6.69. The molecule has 0 unspecified atom stereocenters. The van der Waals surface area contributed by atoms with Crippen LogP contribution in [0.2, 0.25) is 0 Å². The maximum Gasteiger partial charge on any atom is 0.333 e. The third kappa shape index (κ3) is 6.31. The molecule has 0 aliphatic carbocycles. The van der Waals surface area contributed by atoms with Gasteiger partial charge in [-0.05, 0) is 30.7 Å². The molecule has 7 heteroatoms. The summed E-state index contributed by atoms with van der Waals surface area (Å²) >= 11 is 1.75. The van der Waals surface area contributed by atoms with Crippen molar-refractivity contribution >= 4 is 29.5 Å². The molecule has 130 valence electrons. The van der Waals surface area contributed by atoms with Crippen LogP contribution in [-0.2, 0) is 19.2 Å². The molecule has 0 radical (unpaired) electrons. The number of hydroxylamine groups is 2. The summed E-state index contributed by atoms with van der Waals surface area (Å²) in [6.07, 6.45) is 7.21. The molecule has 1 fully saturated rings. The maximum absolute atomic E-state index is 11.6. The standard InChI is InChI=1S/C17H22N2O4S/c20-15-10-11-16(21)19(15)23-17(22)9-4-2-1-3-7-13-24-14-8-5-6-12-18-14/h5-6,8,12H,1-4,7,9-11,13H2. The van der Waals surface area contributed by atoms with Crippen molar-refractivity contribution in [2.24, 2.45) is 0 Å². The molecule has 0 N–H and O–H groups in total. The van der Waals surface area contributed by atoms with Crippen molar-refractivity contribution < 1.29 is 19.2 Å². The monoisotopic (exact) mass is 350 g/mol. The number of carbonyl (C=O) groups is 3. The quantitative estimate of drug-likeness (QED) is 0.367. The van der Waals surface area contributed by atoms with Crippen LogP contribution in [0.1, 0.15) is 51.4 Å². The van der Waals surface area contributed by atoms with Crippen LogP contribution >= 0.6 is 11.8 Å². The average Bonchev–Trinajstić information content (AvgIpc) is 2.90. The van der Waals surface area contributed by atoms with Crippen LogP contribution in [0.25, 0.3) is 0 Å². The normalized spacial score (nSPS) is 14.2. The number of nitrogens with zero attached hydrogens (tertiary/aromatic N) is 2. The smallest absolute Gasteiger partial charge is 0.330 e. The van der Waals surface area contributed by atoms with E-state index in [1.165, 1.54) is 0 Å². The first-order valence-electron chi connectivity index (χ1n) is 8.27. The molecule has 1 aliphatic heterocycles. The van der Waals surface area contributed by atoms with Crippen molar-refractivity contribution in [1.82, 2.24) is 10.0 Å². The molecule has 0 atom stereocenters. The topological polar surface area (TPSA) is 76.6 Å².